The molecule has 0 bridgehead atoms. The summed E-state index contributed by atoms with van der Waals surface area (Å²) in [5, 5.41) is 9.29. The molecule has 0 aliphatic heterocycles. The lowest BCUT2D eigenvalue weighted by Gasteiger charge is -2.30. The lowest BCUT2D eigenvalue weighted by Crippen LogP contribution is -2.36. The number of ether oxygens (including phenoxy) is 1. The molecule has 0 aromatic carbocycles. The highest BCUT2D eigenvalue weighted by molar-refractivity contribution is 9.10. The molecule has 6 heteroatoms. The monoisotopic (exact) mass is 339 g/mol. The molecule has 20 heavy (non-hydrogen) atoms. The van der Waals surface area contributed by atoms with E-state index in [0.29, 0.717) is 12.1 Å². The molecular weight excluding hydrogens is 326 g/mol. The van der Waals surface area contributed by atoms with Crippen LogP contribution in [-0.2, 0) is 14.3 Å². The Hall–Kier alpha value is -1.69. The fraction of sp³-hybridized carbons (Fsp3) is 0.357. The van der Waals surface area contributed by atoms with Crippen molar-refractivity contribution in [3.63, 3.8) is 0 Å². The van der Waals surface area contributed by atoms with E-state index in [-0.39, 0.29) is 5.92 Å². The van der Waals surface area contributed by atoms with Crippen LogP contribution in [0.2, 0.25) is 0 Å². The first-order valence-electron chi connectivity index (χ1n) is 6.13. The van der Waals surface area contributed by atoms with Crippen molar-refractivity contribution < 1.29 is 19.4 Å². The smallest absolute Gasteiger partial charge is 0.310 e. The van der Waals surface area contributed by atoms with Crippen molar-refractivity contribution in [2.45, 2.75) is 12.3 Å². The summed E-state index contributed by atoms with van der Waals surface area (Å²) in [5.41, 5.74) is 0.658. The van der Waals surface area contributed by atoms with E-state index in [1.807, 2.05) is 12.1 Å². The van der Waals surface area contributed by atoms with Crippen LogP contribution in [0.25, 0.3) is 0 Å². The third kappa shape index (κ3) is 2.90. The molecule has 0 spiro atoms. The Morgan fingerprint density at radius 3 is 2.75 bits per heavy atom. The third-order valence-electron chi connectivity index (χ3n) is 3.44. The summed E-state index contributed by atoms with van der Waals surface area (Å²) >= 11 is 3.30. The van der Waals surface area contributed by atoms with Gasteiger partial charge in [0.25, 0.3) is 0 Å². The molecule has 106 valence electrons. The van der Waals surface area contributed by atoms with Gasteiger partial charge in [-0.3, -0.25) is 14.6 Å². The molecule has 0 saturated carbocycles. The summed E-state index contributed by atoms with van der Waals surface area (Å²) in [6, 6.07) is 3.59. The topological polar surface area (TPSA) is 76.5 Å². The van der Waals surface area contributed by atoms with Crippen LogP contribution in [0, 0.1) is 11.8 Å². The normalized spacial score (nSPS) is 25.2. The van der Waals surface area contributed by atoms with Crippen LogP contribution in [0.1, 0.15) is 18.0 Å². The molecule has 5 nitrogen and oxygen atoms in total. The van der Waals surface area contributed by atoms with Gasteiger partial charge in [-0.2, -0.15) is 0 Å². The van der Waals surface area contributed by atoms with Crippen molar-refractivity contribution in [3.05, 3.63) is 40.6 Å². The Labute approximate surface area is 124 Å². The summed E-state index contributed by atoms with van der Waals surface area (Å²) in [4.78, 5) is 27.6. The van der Waals surface area contributed by atoms with Gasteiger partial charge in [0.05, 0.1) is 18.9 Å². The van der Waals surface area contributed by atoms with Crippen molar-refractivity contribution in [2.24, 2.45) is 11.8 Å². The van der Waals surface area contributed by atoms with Crippen molar-refractivity contribution >= 4 is 27.9 Å². The molecule has 0 saturated heterocycles. The maximum atomic E-state index is 12.0. The van der Waals surface area contributed by atoms with Gasteiger partial charge >= 0.3 is 11.9 Å². The number of rotatable bonds is 3. The fourth-order valence-corrected chi connectivity index (χ4v) is 2.69. The number of hydrogen-bond acceptors (Lipinski definition) is 4. The average Bonchev–Trinajstić information content (AvgIpc) is 2.46. The second-order valence-corrected chi connectivity index (χ2v) is 5.50. The van der Waals surface area contributed by atoms with Crippen LogP contribution >= 0.6 is 15.9 Å². The highest BCUT2D eigenvalue weighted by Gasteiger charge is 2.42. The van der Waals surface area contributed by atoms with E-state index in [2.05, 4.69) is 20.9 Å². The second kappa shape index (κ2) is 6.17. The number of halogens is 1. The van der Waals surface area contributed by atoms with E-state index in [4.69, 9.17) is 4.74 Å². The first kappa shape index (κ1) is 14.7. The summed E-state index contributed by atoms with van der Waals surface area (Å²) in [5.74, 6) is -3.44. The number of esters is 1. The van der Waals surface area contributed by atoms with Gasteiger partial charge in [-0.25, -0.2) is 0 Å². The highest BCUT2D eigenvalue weighted by Crippen LogP contribution is 2.37. The number of methoxy groups -OCH3 is 1. The number of nitrogens with zero attached hydrogens (tertiary/aromatic N) is 1. The van der Waals surface area contributed by atoms with Crippen molar-refractivity contribution in [2.75, 3.05) is 7.11 Å². The molecule has 1 N–H and O–H groups in total. The first-order valence-corrected chi connectivity index (χ1v) is 6.92. The van der Waals surface area contributed by atoms with Crippen LogP contribution in [0.3, 0.4) is 0 Å². The number of carbonyl (C=O) groups excluding carboxylic acids is 1. The van der Waals surface area contributed by atoms with Gasteiger partial charge in [0, 0.05) is 22.3 Å². The SMILES string of the molecule is COC(=O)[C@@H]1[C@@H](c2ccc(Br)cn2)C=CC[C@H]1C(=O)O. The number of carboxylic acids is 1. The first-order chi connectivity index (χ1) is 9.54. The fourth-order valence-electron chi connectivity index (χ4n) is 2.46. The molecule has 3 atom stereocenters. The number of allylic oxidation sites excluding steroid dienone is 2. The quantitative estimate of drug-likeness (QED) is 0.675. The molecule has 0 unspecified atom stereocenters. The lowest BCUT2D eigenvalue weighted by atomic mass is 9.74. The van der Waals surface area contributed by atoms with Crippen molar-refractivity contribution in [1.29, 1.82) is 0 Å². The standard InChI is InChI=1S/C14H14BrNO4/c1-20-14(19)12-9(3-2-4-10(12)13(17)18)11-6-5-8(15)7-16-11/h2-3,5-7,9-10,12H,4H2,1H3,(H,17,18)/t9-,10-,12-/m1/s1. The largest absolute Gasteiger partial charge is 0.481 e. The van der Waals surface area contributed by atoms with E-state index >= 15 is 0 Å². The molecule has 1 aliphatic carbocycles. The molecule has 0 fully saturated rings. The maximum Gasteiger partial charge on any atom is 0.310 e. The number of aliphatic carboxylic acids is 1. The van der Waals surface area contributed by atoms with Crippen LogP contribution < -0.4 is 0 Å². The Kier molecular flexibility index (Phi) is 4.54. The molecular formula is C14H14BrNO4. The number of aromatic nitrogens is 1. The van der Waals surface area contributed by atoms with Crippen LogP contribution in [0.5, 0.6) is 0 Å². The predicted octanol–water partition coefficient (Wildman–Crippen LogP) is 2.38. The van der Waals surface area contributed by atoms with Gasteiger partial charge in [0.15, 0.2) is 0 Å². The van der Waals surface area contributed by atoms with Gasteiger partial charge < -0.3 is 9.84 Å². The summed E-state index contributed by atoms with van der Waals surface area (Å²) in [6.07, 6.45) is 5.56. The van der Waals surface area contributed by atoms with Crippen molar-refractivity contribution in [1.82, 2.24) is 4.98 Å². The molecule has 0 amide bonds. The highest BCUT2D eigenvalue weighted by atomic mass is 79.9. The van der Waals surface area contributed by atoms with Crippen molar-refractivity contribution in [3.8, 4) is 0 Å². The minimum Gasteiger partial charge on any atom is -0.481 e. The minimum atomic E-state index is -0.994. The molecule has 1 aromatic heterocycles. The molecule has 1 heterocycles. The Bertz CT molecular complexity index is 541. The molecule has 2 rings (SSSR count). The Morgan fingerprint density at radius 2 is 2.20 bits per heavy atom. The van der Waals surface area contributed by atoms with Gasteiger partial charge in [-0.05, 0) is 34.5 Å². The van der Waals surface area contributed by atoms with Crippen LogP contribution in [0.15, 0.2) is 35.0 Å². The van der Waals surface area contributed by atoms with Gasteiger partial charge in [-0.15, -0.1) is 0 Å². The van der Waals surface area contributed by atoms with E-state index in [9.17, 15) is 14.7 Å². The molecule has 0 radical (unpaired) electrons. The number of carbonyl (C=O) groups is 2. The zero-order valence-corrected chi connectivity index (χ0v) is 12.4. The maximum absolute atomic E-state index is 12.0. The minimum absolute atomic E-state index is 0.322. The molecule has 1 aromatic rings. The van der Waals surface area contributed by atoms with Crippen LogP contribution in [-0.4, -0.2) is 29.1 Å². The van der Waals surface area contributed by atoms with E-state index in [1.54, 1.807) is 18.3 Å². The second-order valence-electron chi connectivity index (χ2n) is 4.58. The third-order valence-corrected chi connectivity index (χ3v) is 3.91. The van der Waals surface area contributed by atoms with Gasteiger partial charge in [-0.1, -0.05) is 12.2 Å². The zero-order chi connectivity index (χ0) is 14.7. The molecule has 1 aliphatic rings. The number of hydrogen-bond donors (Lipinski definition) is 1. The Morgan fingerprint density at radius 1 is 1.45 bits per heavy atom. The van der Waals surface area contributed by atoms with Crippen LogP contribution in [0.4, 0.5) is 0 Å². The zero-order valence-electron chi connectivity index (χ0n) is 10.8. The van der Waals surface area contributed by atoms with E-state index in [1.165, 1.54) is 7.11 Å². The van der Waals surface area contributed by atoms with Gasteiger partial charge in [0.2, 0.25) is 0 Å². The number of pyridine rings is 1. The summed E-state index contributed by atoms with van der Waals surface area (Å²) < 4.78 is 5.60. The van der Waals surface area contributed by atoms with E-state index < -0.39 is 23.8 Å². The average molecular weight is 340 g/mol. The van der Waals surface area contributed by atoms with Gasteiger partial charge in [0.1, 0.15) is 0 Å². The summed E-state index contributed by atoms with van der Waals surface area (Å²) in [7, 11) is 1.27. The lowest BCUT2D eigenvalue weighted by molar-refractivity contribution is -0.156. The number of carboxylic acid groups (broad SMARTS) is 1. The van der Waals surface area contributed by atoms with E-state index in [0.717, 1.165) is 4.47 Å². The predicted molar refractivity (Wildman–Crippen MR) is 75.1 cm³/mol. The summed E-state index contributed by atoms with van der Waals surface area (Å²) in [6.45, 7) is 0. The Balaban J connectivity index is 2.40.